The average molecular weight is 317 g/mol. The van der Waals surface area contributed by atoms with Crippen LogP contribution >= 0.6 is 11.3 Å². The summed E-state index contributed by atoms with van der Waals surface area (Å²) in [4.78, 5) is 7.98. The van der Waals surface area contributed by atoms with Crippen LogP contribution in [0.25, 0.3) is 0 Å². The highest BCUT2D eigenvalue weighted by atomic mass is 32.1. The summed E-state index contributed by atoms with van der Waals surface area (Å²) in [6.45, 7) is 5.75. The number of thiazole rings is 1. The van der Waals surface area contributed by atoms with Gasteiger partial charge in [0, 0.05) is 36.4 Å². The lowest BCUT2D eigenvalue weighted by atomic mass is 10.1. The lowest BCUT2D eigenvalue weighted by Gasteiger charge is -2.30. The molecule has 2 heterocycles. The predicted octanol–water partition coefficient (Wildman–Crippen LogP) is 3.02. The molecule has 0 aliphatic carbocycles. The quantitative estimate of drug-likeness (QED) is 0.890. The van der Waals surface area contributed by atoms with Crippen LogP contribution in [-0.2, 0) is 13.1 Å². The van der Waals surface area contributed by atoms with E-state index in [0.29, 0.717) is 0 Å². The second kappa shape index (κ2) is 7.22. The van der Waals surface area contributed by atoms with Gasteiger partial charge in [0.2, 0.25) is 0 Å². The summed E-state index contributed by atoms with van der Waals surface area (Å²) in [5.41, 5.74) is 2.51. The van der Waals surface area contributed by atoms with E-state index in [0.717, 1.165) is 44.0 Å². The van der Waals surface area contributed by atoms with Crippen molar-refractivity contribution in [2.75, 3.05) is 18.4 Å². The number of hydrogen-bond acceptors (Lipinski definition) is 5. The van der Waals surface area contributed by atoms with Gasteiger partial charge in [0.05, 0.1) is 17.7 Å². The SMILES string of the molecule is Cc1ncc(CNc2ccccc2CN2CCC(O)CC2)s1. The summed E-state index contributed by atoms with van der Waals surface area (Å²) >= 11 is 1.74. The summed E-state index contributed by atoms with van der Waals surface area (Å²) in [7, 11) is 0. The molecule has 1 aliphatic heterocycles. The molecule has 0 radical (unpaired) electrons. The van der Waals surface area contributed by atoms with Crippen LogP contribution in [0.2, 0.25) is 0 Å². The Morgan fingerprint density at radius 1 is 1.32 bits per heavy atom. The number of likely N-dealkylation sites (tertiary alicyclic amines) is 1. The third-order valence-corrected chi connectivity index (χ3v) is 5.00. The zero-order chi connectivity index (χ0) is 15.4. The number of para-hydroxylation sites is 1. The summed E-state index contributed by atoms with van der Waals surface area (Å²) in [6.07, 6.45) is 3.60. The molecule has 5 heteroatoms. The molecule has 118 valence electrons. The summed E-state index contributed by atoms with van der Waals surface area (Å²) in [5, 5.41) is 14.3. The molecule has 1 aromatic heterocycles. The number of nitrogens with one attached hydrogen (secondary N) is 1. The third-order valence-electron chi connectivity index (χ3n) is 4.09. The van der Waals surface area contributed by atoms with E-state index >= 15 is 0 Å². The standard InChI is InChI=1S/C17H23N3OS/c1-13-18-10-16(22-13)11-19-17-5-3-2-4-14(17)12-20-8-6-15(21)7-9-20/h2-5,10,15,19,21H,6-9,11-12H2,1H3. The van der Waals surface area contributed by atoms with Gasteiger partial charge in [0.1, 0.15) is 0 Å². The Hall–Kier alpha value is -1.43. The topological polar surface area (TPSA) is 48.4 Å². The number of aliphatic hydroxyl groups is 1. The largest absolute Gasteiger partial charge is 0.393 e. The fraction of sp³-hybridized carbons (Fsp3) is 0.471. The zero-order valence-electron chi connectivity index (χ0n) is 13.0. The molecular weight excluding hydrogens is 294 g/mol. The summed E-state index contributed by atoms with van der Waals surface area (Å²) in [5.74, 6) is 0. The Morgan fingerprint density at radius 2 is 2.09 bits per heavy atom. The lowest BCUT2D eigenvalue weighted by molar-refractivity contribution is 0.0793. The van der Waals surface area contributed by atoms with Crippen LogP contribution in [0.5, 0.6) is 0 Å². The van der Waals surface area contributed by atoms with Crippen molar-refractivity contribution in [3.63, 3.8) is 0 Å². The first-order chi connectivity index (χ1) is 10.7. The van der Waals surface area contributed by atoms with Crippen LogP contribution in [0.4, 0.5) is 5.69 Å². The molecule has 1 aromatic carbocycles. The summed E-state index contributed by atoms with van der Waals surface area (Å²) < 4.78 is 0. The Balaban J connectivity index is 1.62. The number of aliphatic hydroxyl groups excluding tert-OH is 1. The molecule has 0 saturated carbocycles. The molecule has 2 aromatic rings. The minimum Gasteiger partial charge on any atom is -0.393 e. The van der Waals surface area contributed by atoms with E-state index in [1.54, 1.807) is 11.3 Å². The van der Waals surface area contributed by atoms with Gasteiger partial charge in [0.15, 0.2) is 0 Å². The van der Waals surface area contributed by atoms with Gasteiger partial charge in [-0.05, 0) is 31.4 Å². The zero-order valence-corrected chi connectivity index (χ0v) is 13.8. The Bertz CT molecular complexity index is 605. The first-order valence-electron chi connectivity index (χ1n) is 7.84. The van der Waals surface area contributed by atoms with E-state index in [-0.39, 0.29) is 6.10 Å². The number of benzene rings is 1. The monoisotopic (exact) mass is 317 g/mol. The van der Waals surface area contributed by atoms with E-state index in [2.05, 4.69) is 39.5 Å². The van der Waals surface area contributed by atoms with Crippen LogP contribution in [-0.4, -0.2) is 34.2 Å². The van der Waals surface area contributed by atoms with Gasteiger partial charge >= 0.3 is 0 Å². The molecular formula is C17H23N3OS. The highest BCUT2D eigenvalue weighted by molar-refractivity contribution is 7.11. The van der Waals surface area contributed by atoms with Crippen LogP contribution in [0.15, 0.2) is 30.5 Å². The van der Waals surface area contributed by atoms with Gasteiger partial charge in [-0.15, -0.1) is 11.3 Å². The minimum absolute atomic E-state index is 0.112. The normalized spacial score (nSPS) is 16.8. The van der Waals surface area contributed by atoms with Crippen molar-refractivity contribution in [1.29, 1.82) is 0 Å². The predicted molar refractivity (Wildman–Crippen MR) is 91.1 cm³/mol. The van der Waals surface area contributed by atoms with E-state index in [1.807, 2.05) is 13.1 Å². The Kier molecular flexibility index (Phi) is 5.08. The van der Waals surface area contributed by atoms with Crippen molar-refractivity contribution >= 4 is 17.0 Å². The molecule has 0 bridgehead atoms. The number of piperidine rings is 1. The molecule has 4 nitrogen and oxygen atoms in total. The molecule has 0 amide bonds. The second-order valence-corrected chi connectivity index (χ2v) is 7.18. The molecule has 1 fully saturated rings. The number of hydrogen-bond donors (Lipinski definition) is 2. The number of anilines is 1. The Morgan fingerprint density at radius 3 is 2.82 bits per heavy atom. The van der Waals surface area contributed by atoms with Crippen molar-refractivity contribution in [2.45, 2.75) is 39.0 Å². The molecule has 0 spiro atoms. The van der Waals surface area contributed by atoms with E-state index in [9.17, 15) is 5.11 Å². The molecule has 1 saturated heterocycles. The lowest BCUT2D eigenvalue weighted by Crippen LogP contribution is -2.35. The summed E-state index contributed by atoms with van der Waals surface area (Å²) in [6, 6.07) is 8.49. The van der Waals surface area contributed by atoms with Gasteiger partial charge in [-0.2, -0.15) is 0 Å². The second-order valence-electron chi connectivity index (χ2n) is 5.86. The third kappa shape index (κ3) is 4.06. The highest BCUT2D eigenvalue weighted by Crippen LogP contribution is 2.21. The van der Waals surface area contributed by atoms with Gasteiger partial charge < -0.3 is 10.4 Å². The van der Waals surface area contributed by atoms with Gasteiger partial charge in [0.25, 0.3) is 0 Å². The maximum atomic E-state index is 9.62. The Labute approximate surface area is 135 Å². The van der Waals surface area contributed by atoms with Gasteiger partial charge in [-0.25, -0.2) is 4.98 Å². The number of rotatable bonds is 5. The van der Waals surface area contributed by atoms with Gasteiger partial charge in [-0.3, -0.25) is 4.90 Å². The maximum absolute atomic E-state index is 9.62. The van der Waals surface area contributed by atoms with E-state index in [4.69, 9.17) is 0 Å². The van der Waals surface area contributed by atoms with Crippen molar-refractivity contribution < 1.29 is 5.11 Å². The number of aromatic nitrogens is 1. The van der Waals surface area contributed by atoms with Crippen LogP contribution in [0.3, 0.4) is 0 Å². The fourth-order valence-electron chi connectivity index (χ4n) is 2.82. The highest BCUT2D eigenvalue weighted by Gasteiger charge is 2.17. The molecule has 0 atom stereocenters. The van der Waals surface area contributed by atoms with Crippen molar-refractivity contribution in [1.82, 2.24) is 9.88 Å². The average Bonchev–Trinajstić information content (AvgIpc) is 2.94. The molecule has 2 N–H and O–H groups in total. The minimum atomic E-state index is -0.112. The smallest absolute Gasteiger partial charge is 0.0897 e. The number of aryl methyl sites for hydroxylation is 1. The fourth-order valence-corrected chi connectivity index (χ4v) is 3.55. The van der Waals surface area contributed by atoms with Crippen molar-refractivity contribution in [3.8, 4) is 0 Å². The van der Waals surface area contributed by atoms with Crippen molar-refractivity contribution in [2.24, 2.45) is 0 Å². The van der Waals surface area contributed by atoms with E-state index < -0.39 is 0 Å². The van der Waals surface area contributed by atoms with Crippen LogP contribution in [0, 0.1) is 6.92 Å². The van der Waals surface area contributed by atoms with Gasteiger partial charge in [-0.1, -0.05) is 18.2 Å². The molecule has 3 rings (SSSR count). The molecule has 0 unspecified atom stereocenters. The molecule has 22 heavy (non-hydrogen) atoms. The molecule has 1 aliphatic rings. The van der Waals surface area contributed by atoms with Crippen LogP contribution < -0.4 is 5.32 Å². The van der Waals surface area contributed by atoms with Crippen molar-refractivity contribution in [3.05, 3.63) is 45.9 Å². The number of nitrogens with zero attached hydrogens (tertiary/aromatic N) is 2. The maximum Gasteiger partial charge on any atom is 0.0897 e. The van der Waals surface area contributed by atoms with E-state index in [1.165, 1.54) is 16.1 Å². The first-order valence-corrected chi connectivity index (χ1v) is 8.66. The van der Waals surface area contributed by atoms with Crippen LogP contribution in [0.1, 0.15) is 28.3 Å². The first kappa shape index (κ1) is 15.5.